The van der Waals surface area contributed by atoms with Gasteiger partial charge in [0.15, 0.2) is 0 Å². The van der Waals surface area contributed by atoms with E-state index in [-0.39, 0.29) is 0 Å². The molecule has 1 aromatic heterocycles. The van der Waals surface area contributed by atoms with Crippen LogP contribution < -0.4 is 4.90 Å². The molecule has 1 aliphatic rings. The van der Waals surface area contributed by atoms with E-state index in [0.29, 0.717) is 17.9 Å². The molecule has 3 rings (SSSR count). The summed E-state index contributed by atoms with van der Waals surface area (Å²) >= 11 is 0. The summed E-state index contributed by atoms with van der Waals surface area (Å²) in [5.74, 6) is 0.570. The maximum Gasteiger partial charge on any atom is 0.420 e. The Bertz CT molecular complexity index is 797. The van der Waals surface area contributed by atoms with Crippen LogP contribution in [0.25, 0.3) is 0 Å². The Balaban J connectivity index is 1.90. The van der Waals surface area contributed by atoms with Crippen molar-refractivity contribution in [1.82, 2.24) is 9.88 Å². The van der Waals surface area contributed by atoms with Gasteiger partial charge in [0.05, 0.1) is 5.69 Å². The minimum Gasteiger partial charge on any atom is -0.443 e. The number of piperidine rings is 1. The van der Waals surface area contributed by atoms with Crippen LogP contribution in [0.5, 0.6) is 0 Å². The van der Waals surface area contributed by atoms with Gasteiger partial charge in [0.1, 0.15) is 11.4 Å². The number of pyridine rings is 1. The monoisotopic (exact) mass is 395 g/mol. The van der Waals surface area contributed by atoms with E-state index in [2.05, 4.69) is 29.8 Å². The second-order valence-electron chi connectivity index (χ2n) is 8.94. The molecule has 2 heterocycles. The molecular weight excluding hydrogens is 362 g/mol. The summed E-state index contributed by atoms with van der Waals surface area (Å²) in [6.45, 7) is 11.2. The first kappa shape index (κ1) is 21.3. The topological polar surface area (TPSA) is 45.7 Å². The number of carbonyl (C=O) groups excluding carboxylic acids is 1. The van der Waals surface area contributed by atoms with Crippen LogP contribution in [-0.2, 0) is 4.74 Å². The Morgan fingerprint density at radius 2 is 1.86 bits per heavy atom. The fraction of sp³-hybridized carbons (Fsp3) is 0.500. The smallest absolute Gasteiger partial charge is 0.420 e. The van der Waals surface area contributed by atoms with Gasteiger partial charge in [-0.15, -0.1) is 0 Å². The number of aromatic nitrogens is 1. The number of ether oxygens (including phenoxy) is 1. The van der Waals surface area contributed by atoms with E-state index in [1.807, 2.05) is 63.4 Å². The number of rotatable bonds is 4. The Kier molecular flexibility index (Phi) is 6.58. The zero-order chi connectivity index (χ0) is 21.0. The zero-order valence-electron chi connectivity index (χ0n) is 18.3. The predicted octanol–water partition coefficient (Wildman–Crippen LogP) is 6.09. The summed E-state index contributed by atoms with van der Waals surface area (Å²) in [5.41, 5.74) is 1.37. The summed E-state index contributed by atoms with van der Waals surface area (Å²) in [6, 6.07) is 14.4. The quantitative estimate of drug-likeness (QED) is 0.628. The molecule has 5 nitrogen and oxygen atoms in total. The summed E-state index contributed by atoms with van der Waals surface area (Å²) in [7, 11) is 0. The van der Waals surface area contributed by atoms with Crippen LogP contribution in [0.2, 0.25) is 0 Å². The number of likely N-dealkylation sites (tertiary alicyclic amines) is 1. The van der Waals surface area contributed by atoms with Gasteiger partial charge in [-0.05, 0) is 77.8 Å². The SMILES string of the molecule is CC(C)N1CCCCC1c1ccc(N(C(=O)OC(C)(C)C)c2ccccc2)nc1. The van der Waals surface area contributed by atoms with Crippen molar-refractivity contribution < 1.29 is 9.53 Å². The molecule has 0 aliphatic carbocycles. The first-order chi connectivity index (χ1) is 13.8. The lowest BCUT2D eigenvalue weighted by Gasteiger charge is -2.38. The maximum atomic E-state index is 12.9. The fourth-order valence-corrected chi connectivity index (χ4v) is 3.87. The van der Waals surface area contributed by atoms with E-state index < -0.39 is 11.7 Å². The van der Waals surface area contributed by atoms with Crippen molar-refractivity contribution in [1.29, 1.82) is 0 Å². The molecular formula is C24H33N3O2. The second-order valence-corrected chi connectivity index (χ2v) is 8.94. The van der Waals surface area contributed by atoms with E-state index in [0.717, 1.165) is 18.7 Å². The van der Waals surface area contributed by atoms with Crippen LogP contribution in [0.15, 0.2) is 48.7 Å². The number of anilines is 2. The molecule has 1 fully saturated rings. The highest BCUT2D eigenvalue weighted by molar-refractivity contribution is 5.95. The van der Waals surface area contributed by atoms with E-state index >= 15 is 0 Å². The highest BCUT2D eigenvalue weighted by Gasteiger charge is 2.28. The van der Waals surface area contributed by atoms with Crippen molar-refractivity contribution in [3.8, 4) is 0 Å². The first-order valence-corrected chi connectivity index (χ1v) is 10.6. The van der Waals surface area contributed by atoms with E-state index in [1.54, 1.807) is 0 Å². The van der Waals surface area contributed by atoms with Gasteiger partial charge in [0.25, 0.3) is 0 Å². The third-order valence-electron chi connectivity index (χ3n) is 5.18. The van der Waals surface area contributed by atoms with Crippen LogP contribution in [0.1, 0.15) is 65.5 Å². The Labute approximate surface area is 174 Å². The molecule has 2 aromatic rings. The van der Waals surface area contributed by atoms with Crippen LogP contribution in [0.3, 0.4) is 0 Å². The molecule has 0 bridgehead atoms. The molecule has 1 aliphatic heterocycles. The number of nitrogens with zero attached hydrogens (tertiary/aromatic N) is 3. The van der Waals surface area contributed by atoms with Crippen molar-refractivity contribution in [2.45, 2.75) is 71.6 Å². The van der Waals surface area contributed by atoms with Gasteiger partial charge in [0, 0.05) is 18.3 Å². The first-order valence-electron chi connectivity index (χ1n) is 10.6. The van der Waals surface area contributed by atoms with Gasteiger partial charge in [-0.3, -0.25) is 4.90 Å². The molecule has 0 N–H and O–H groups in total. The molecule has 1 atom stereocenters. The van der Waals surface area contributed by atoms with Crippen molar-refractivity contribution in [3.63, 3.8) is 0 Å². The van der Waals surface area contributed by atoms with E-state index in [4.69, 9.17) is 4.74 Å². The average molecular weight is 396 g/mol. The second kappa shape index (κ2) is 8.95. The molecule has 5 heteroatoms. The fourth-order valence-electron chi connectivity index (χ4n) is 3.87. The van der Waals surface area contributed by atoms with Crippen molar-refractivity contribution in [2.75, 3.05) is 11.4 Å². The number of hydrogen-bond donors (Lipinski definition) is 0. The highest BCUT2D eigenvalue weighted by Crippen LogP contribution is 2.33. The molecule has 1 saturated heterocycles. The van der Waals surface area contributed by atoms with Gasteiger partial charge in [-0.25, -0.2) is 14.7 Å². The Hall–Kier alpha value is -2.40. The van der Waals surface area contributed by atoms with Gasteiger partial charge >= 0.3 is 6.09 Å². The van der Waals surface area contributed by atoms with Crippen LogP contribution in [0.4, 0.5) is 16.3 Å². The molecule has 0 spiro atoms. The lowest BCUT2D eigenvalue weighted by Crippen LogP contribution is -2.38. The van der Waals surface area contributed by atoms with Gasteiger partial charge in [-0.1, -0.05) is 30.7 Å². The highest BCUT2D eigenvalue weighted by atomic mass is 16.6. The summed E-state index contributed by atoms with van der Waals surface area (Å²) in [5, 5.41) is 0. The molecule has 156 valence electrons. The Morgan fingerprint density at radius 3 is 2.45 bits per heavy atom. The third kappa shape index (κ3) is 5.36. The van der Waals surface area contributed by atoms with Gasteiger partial charge in [-0.2, -0.15) is 0 Å². The Morgan fingerprint density at radius 1 is 1.14 bits per heavy atom. The van der Waals surface area contributed by atoms with Crippen LogP contribution in [0, 0.1) is 0 Å². The maximum absolute atomic E-state index is 12.9. The number of benzene rings is 1. The molecule has 0 saturated carbocycles. The number of carbonyl (C=O) groups is 1. The van der Waals surface area contributed by atoms with Crippen molar-refractivity contribution in [3.05, 3.63) is 54.2 Å². The predicted molar refractivity (Wildman–Crippen MR) is 117 cm³/mol. The molecule has 1 aromatic carbocycles. The van der Waals surface area contributed by atoms with Crippen molar-refractivity contribution in [2.24, 2.45) is 0 Å². The molecule has 0 radical (unpaired) electrons. The van der Waals surface area contributed by atoms with Crippen LogP contribution >= 0.6 is 0 Å². The normalized spacial score (nSPS) is 17.9. The number of hydrogen-bond acceptors (Lipinski definition) is 4. The molecule has 29 heavy (non-hydrogen) atoms. The molecule has 1 unspecified atom stereocenters. The van der Waals surface area contributed by atoms with Crippen LogP contribution in [-0.4, -0.2) is 34.2 Å². The number of para-hydroxylation sites is 1. The van der Waals surface area contributed by atoms with Crippen molar-refractivity contribution >= 4 is 17.6 Å². The summed E-state index contributed by atoms with van der Waals surface area (Å²) < 4.78 is 5.64. The lowest BCUT2D eigenvalue weighted by atomic mass is 9.95. The largest absolute Gasteiger partial charge is 0.443 e. The van der Waals surface area contributed by atoms with E-state index in [9.17, 15) is 4.79 Å². The minimum atomic E-state index is -0.579. The average Bonchev–Trinajstić information content (AvgIpc) is 2.68. The van der Waals surface area contributed by atoms with Gasteiger partial charge in [0.2, 0.25) is 0 Å². The lowest BCUT2D eigenvalue weighted by molar-refractivity contribution is 0.0598. The summed E-state index contributed by atoms with van der Waals surface area (Å²) in [6.07, 6.45) is 5.13. The van der Waals surface area contributed by atoms with E-state index in [1.165, 1.54) is 23.3 Å². The number of amides is 1. The third-order valence-corrected chi connectivity index (χ3v) is 5.18. The standard InChI is InChI=1S/C24H33N3O2/c1-18(2)26-16-10-9-13-21(26)19-14-15-22(25-17-19)27(20-11-7-6-8-12-20)23(28)29-24(3,4)5/h6-8,11-12,14-15,17-18,21H,9-10,13,16H2,1-5H3. The molecule has 1 amide bonds. The van der Waals surface area contributed by atoms with Gasteiger partial charge < -0.3 is 4.74 Å². The summed E-state index contributed by atoms with van der Waals surface area (Å²) in [4.78, 5) is 21.7. The minimum absolute atomic E-state index is 0.386. The zero-order valence-corrected chi connectivity index (χ0v) is 18.3.